The maximum Gasteiger partial charge on any atom is 0.191 e. The Hall–Kier alpha value is -0.770. The lowest BCUT2D eigenvalue weighted by Crippen LogP contribution is -2.40. The predicted molar refractivity (Wildman–Crippen MR) is 76.7 cm³/mol. The first-order chi connectivity index (χ1) is 8.68. The maximum absolute atomic E-state index is 6.14. The van der Waals surface area contributed by atoms with Gasteiger partial charge in [-0.25, -0.2) is 0 Å². The molecule has 1 aliphatic carbocycles. The second-order valence-corrected chi connectivity index (χ2v) is 5.97. The summed E-state index contributed by atoms with van der Waals surface area (Å²) in [5.41, 5.74) is 6.14. The molecule has 1 atom stereocenters. The zero-order chi connectivity index (χ0) is 13.0. The number of likely N-dealkylation sites (N-methyl/N-ethyl adjacent to an activating group) is 1. The molecule has 2 fully saturated rings. The van der Waals surface area contributed by atoms with Gasteiger partial charge in [-0.15, -0.1) is 0 Å². The van der Waals surface area contributed by atoms with E-state index in [0.717, 1.165) is 31.5 Å². The number of likely N-dealkylation sites (tertiary alicyclic amines) is 1. The minimum atomic E-state index is 0.579. The van der Waals surface area contributed by atoms with Crippen LogP contribution in [-0.4, -0.2) is 55.5 Å². The first-order valence-corrected chi connectivity index (χ1v) is 7.40. The molecule has 0 unspecified atom stereocenters. The van der Waals surface area contributed by atoms with E-state index in [0.29, 0.717) is 6.04 Å². The van der Waals surface area contributed by atoms with Gasteiger partial charge < -0.3 is 15.5 Å². The molecule has 4 nitrogen and oxygen atoms in total. The topological polar surface area (TPSA) is 44.9 Å². The Morgan fingerprint density at radius 1 is 1.22 bits per heavy atom. The molecular formula is C14H28N4. The summed E-state index contributed by atoms with van der Waals surface area (Å²) in [6.45, 7) is 3.04. The summed E-state index contributed by atoms with van der Waals surface area (Å²) in [5.74, 6) is 1.62. The van der Waals surface area contributed by atoms with Gasteiger partial charge in [0.15, 0.2) is 5.96 Å². The van der Waals surface area contributed by atoms with Crippen molar-refractivity contribution in [3.05, 3.63) is 0 Å². The Labute approximate surface area is 111 Å². The third-order valence-electron chi connectivity index (χ3n) is 4.20. The lowest BCUT2D eigenvalue weighted by atomic mass is 10.2. The minimum Gasteiger partial charge on any atom is -0.370 e. The van der Waals surface area contributed by atoms with Crippen LogP contribution in [0.2, 0.25) is 0 Å². The molecule has 4 heteroatoms. The molecule has 2 rings (SSSR count). The second kappa shape index (κ2) is 6.41. The van der Waals surface area contributed by atoms with Crippen molar-refractivity contribution in [3.8, 4) is 0 Å². The summed E-state index contributed by atoms with van der Waals surface area (Å²) in [6.07, 6.45) is 7.92. The highest BCUT2D eigenvalue weighted by atomic mass is 15.3. The Morgan fingerprint density at radius 2 is 1.83 bits per heavy atom. The molecule has 1 saturated heterocycles. The van der Waals surface area contributed by atoms with E-state index in [9.17, 15) is 0 Å². The van der Waals surface area contributed by atoms with Crippen LogP contribution in [-0.2, 0) is 0 Å². The standard InChI is InChI=1S/C14H28N4/c1-17(2)13(12-7-8-12)11-16-14(15)18-9-5-3-4-6-10-18/h12-13H,3-11H2,1-2H3,(H2,15,16)/t13-/m0/s1. The number of hydrogen-bond donors (Lipinski definition) is 1. The van der Waals surface area contributed by atoms with Crippen molar-refractivity contribution in [1.29, 1.82) is 0 Å². The molecule has 1 saturated carbocycles. The molecule has 0 aromatic heterocycles. The highest BCUT2D eigenvalue weighted by molar-refractivity contribution is 5.78. The van der Waals surface area contributed by atoms with Gasteiger partial charge in [-0.3, -0.25) is 4.99 Å². The van der Waals surface area contributed by atoms with Gasteiger partial charge in [0.05, 0.1) is 6.54 Å². The van der Waals surface area contributed by atoms with Crippen LogP contribution in [0.1, 0.15) is 38.5 Å². The fraction of sp³-hybridized carbons (Fsp3) is 0.929. The van der Waals surface area contributed by atoms with Crippen molar-refractivity contribution in [2.45, 2.75) is 44.6 Å². The zero-order valence-electron chi connectivity index (χ0n) is 11.9. The number of nitrogens with two attached hydrogens (primary N) is 1. The molecule has 0 spiro atoms. The molecule has 2 N–H and O–H groups in total. The van der Waals surface area contributed by atoms with Crippen LogP contribution in [0.3, 0.4) is 0 Å². The lowest BCUT2D eigenvalue weighted by molar-refractivity contribution is 0.270. The number of rotatable bonds is 4. The van der Waals surface area contributed by atoms with Gasteiger partial charge in [0.2, 0.25) is 0 Å². The first-order valence-electron chi connectivity index (χ1n) is 7.40. The zero-order valence-corrected chi connectivity index (χ0v) is 11.9. The molecule has 2 aliphatic rings. The van der Waals surface area contributed by atoms with E-state index in [1.165, 1.54) is 38.5 Å². The molecular weight excluding hydrogens is 224 g/mol. The second-order valence-electron chi connectivity index (χ2n) is 5.97. The van der Waals surface area contributed by atoms with Gasteiger partial charge in [-0.2, -0.15) is 0 Å². The largest absolute Gasteiger partial charge is 0.370 e. The molecule has 0 amide bonds. The van der Waals surface area contributed by atoms with E-state index < -0.39 is 0 Å². The molecule has 0 bridgehead atoms. The SMILES string of the molecule is CN(C)[C@@H](CN=C(N)N1CCCCCC1)C1CC1. The van der Waals surface area contributed by atoms with Crippen LogP contribution < -0.4 is 5.73 Å². The van der Waals surface area contributed by atoms with E-state index in [-0.39, 0.29) is 0 Å². The fourth-order valence-corrected chi connectivity index (χ4v) is 2.80. The maximum atomic E-state index is 6.14. The monoisotopic (exact) mass is 252 g/mol. The summed E-state index contributed by atoms with van der Waals surface area (Å²) >= 11 is 0. The number of hydrogen-bond acceptors (Lipinski definition) is 2. The number of nitrogens with zero attached hydrogens (tertiary/aromatic N) is 3. The molecule has 104 valence electrons. The molecule has 0 aromatic rings. The van der Waals surface area contributed by atoms with Crippen molar-refractivity contribution in [3.63, 3.8) is 0 Å². The Bertz CT molecular complexity index is 274. The van der Waals surface area contributed by atoms with Crippen molar-refractivity contribution >= 4 is 5.96 Å². The normalized spacial score (nSPS) is 24.2. The average Bonchev–Trinajstić information content (AvgIpc) is 3.15. The van der Waals surface area contributed by atoms with E-state index >= 15 is 0 Å². The van der Waals surface area contributed by atoms with Gasteiger partial charge in [-0.1, -0.05) is 12.8 Å². The highest BCUT2D eigenvalue weighted by Gasteiger charge is 2.32. The Morgan fingerprint density at radius 3 is 2.33 bits per heavy atom. The molecule has 0 aromatic carbocycles. The smallest absolute Gasteiger partial charge is 0.191 e. The van der Waals surface area contributed by atoms with E-state index in [1.54, 1.807) is 0 Å². The molecule has 1 aliphatic heterocycles. The summed E-state index contributed by atoms with van der Waals surface area (Å²) in [6, 6.07) is 0.579. The first kappa shape index (κ1) is 13.7. The average molecular weight is 252 g/mol. The van der Waals surface area contributed by atoms with Crippen molar-refractivity contribution < 1.29 is 0 Å². The highest BCUT2D eigenvalue weighted by Crippen LogP contribution is 2.34. The van der Waals surface area contributed by atoms with Crippen molar-refractivity contribution in [2.24, 2.45) is 16.6 Å². The third kappa shape index (κ3) is 3.87. The van der Waals surface area contributed by atoms with Gasteiger partial charge in [0, 0.05) is 19.1 Å². The van der Waals surface area contributed by atoms with Gasteiger partial charge in [0.25, 0.3) is 0 Å². The van der Waals surface area contributed by atoms with Crippen molar-refractivity contribution in [2.75, 3.05) is 33.7 Å². The number of guanidine groups is 1. The van der Waals surface area contributed by atoms with Crippen LogP contribution in [0.4, 0.5) is 0 Å². The molecule has 0 radical (unpaired) electrons. The van der Waals surface area contributed by atoms with E-state index in [1.807, 2.05) is 0 Å². The summed E-state index contributed by atoms with van der Waals surface area (Å²) in [7, 11) is 4.31. The van der Waals surface area contributed by atoms with Crippen LogP contribution in [0.25, 0.3) is 0 Å². The molecule has 1 heterocycles. The summed E-state index contributed by atoms with van der Waals surface area (Å²) in [4.78, 5) is 9.22. The molecule has 18 heavy (non-hydrogen) atoms. The predicted octanol–water partition coefficient (Wildman–Crippen LogP) is 1.52. The summed E-state index contributed by atoms with van der Waals surface area (Å²) in [5, 5.41) is 0. The van der Waals surface area contributed by atoms with E-state index in [4.69, 9.17) is 5.73 Å². The lowest BCUT2D eigenvalue weighted by Gasteiger charge is -2.25. The Kier molecular flexibility index (Phi) is 4.87. The van der Waals surface area contributed by atoms with Crippen molar-refractivity contribution in [1.82, 2.24) is 9.80 Å². The van der Waals surface area contributed by atoms with Crippen LogP contribution in [0, 0.1) is 5.92 Å². The van der Waals surface area contributed by atoms with Gasteiger partial charge in [-0.05, 0) is 45.7 Å². The number of aliphatic imine (C=N–C) groups is 1. The van der Waals surface area contributed by atoms with Crippen LogP contribution in [0.15, 0.2) is 4.99 Å². The fourth-order valence-electron chi connectivity index (χ4n) is 2.80. The van der Waals surface area contributed by atoms with Gasteiger partial charge in [0.1, 0.15) is 0 Å². The quantitative estimate of drug-likeness (QED) is 0.609. The van der Waals surface area contributed by atoms with Crippen LogP contribution >= 0.6 is 0 Å². The van der Waals surface area contributed by atoms with Gasteiger partial charge >= 0.3 is 0 Å². The van der Waals surface area contributed by atoms with E-state index in [2.05, 4.69) is 28.9 Å². The summed E-state index contributed by atoms with van der Waals surface area (Å²) < 4.78 is 0. The minimum absolute atomic E-state index is 0.579. The van der Waals surface area contributed by atoms with Crippen LogP contribution in [0.5, 0.6) is 0 Å². The third-order valence-corrected chi connectivity index (χ3v) is 4.20. The Balaban J connectivity index is 1.86.